The van der Waals surface area contributed by atoms with Crippen LogP contribution in [0.25, 0.3) is 0 Å². The van der Waals surface area contributed by atoms with Crippen LogP contribution in [0.2, 0.25) is 0 Å². The smallest absolute Gasteiger partial charge is 0.224 e. The maximum absolute atomic E-state index is 11.3. The van der Waals surface area contributed by atoms with Crippen molar-refractivity contribution in [2.45, 2.75) is 20.4 Å². The van der Waals surface area contributed by atoms with Crippen molar-refractivity contribution in [2.24, 2.45) is 5.92 Å². The zero-order valence-corrected chi connectivity index (χ0v) is 9.10. The van der Waals surface area contributed by atoms with Crippen molar-refractivity contribution in [3.05, 3.63) is 23.7 Å². The zero-order chi connectivity index (χ0) is 10.6. The molecule has 1 N–H and O–H groups in total. The van der Waals surface area contributed by atoms with E-state index in [9.17, 15) is 4.79 Å². The van der Waals surface area contributed by atoms with E-state index in [1.165, 1.54) is 0 Å². The Morgan fingerprint density at radius 2 is 2.36 bits per heavy atom. The molecular weight excluding hydrogens is 202 g/mol. The number of furan rings is 1. The van der Waals surface area contributed by atoms with Crippen LogP contribution in [0.5, 0.6) is 0 Å². The number of carbonyl (C=O) groups is 1. The molecule has 4 heteroatoms. The number of nitrogens with one attached hydrogen (secondary N) is 1. The fourth-order valence-corrected chi connectivity index (χ4v) is 1.14. The molecule has 0 aliphatic heterocycles. The normalized spacial score (nSPS) is 12.5. The minimum atomic E-state index is -0.160. The van der Waals surface area contributed by atoms with Crippen LogP contribution < -0.4 is 5.32 Å². The molecule has 0 saturated carbocycles. The molecular formula is C10H14ClNO2. The first kappa shape index (κ1) is 11.1. The molecule has 1 atom stereocenters. The minimum absolute atomic E-state index is 0.0472. The highest BCUT2D eigenvalue weighted by Gasteiger charge is 2.11. The van der Waals surface area contributed by atoms with E-state index in [4.69, 9.17) is 16.0 Å². The lowest BCUT2D eigenvalue weighted by Gasteiger charge is -2.07. The summed E-state index contributed by atoms with van der Waals surface area (Å²) in [6.07, 6.45) is 0. The van der Waals surface area contributed by atoms with Gasteiger partial charge < -0.3 is 9.73 Å². The van der Waals surface area contributed by atoms with Crippen molar-refractivity contribution in [2.75, 3.05) is 5.88 Å². The van der Waals surface area contributed by atoms with E-state index in [1.807, 2.05) is 19.1 Å². The Hall–Kier alpha value is -0.960. The Kier molecular flexibility index (Phi) is 4.01. The quantitative estimate of drug-likeness (QED) is 0.782. The lowest BCUT2D eigenvalue weighted by Crippen LogP contribution is -2.29. The molecule has 78 valence electrons. The van der Waals surface area contributed by atoms with Gasteiger partial charge in [-0.2, -0.15) is 0 Å². The summed E-state index contributed by atoms with van der Waals surface area (Å²) in [5, 5.41) is 2.75. The third kappa shape index (κ3) is 3.07. The van der Waals surface area contributed by atoms with Crippen molar-refractivity contribution in [3.63, 3.8) is 0 Å². The molecule has 1 aromatic rings. The maximum Gasteiger partial charge on any atom is 0.224 e. The third-order valence-corrected chi connectivity index (χ3v) is 2.37. The van der Waals surface area contributed by atoms with Gasteiger partial charge in [0.2, 0.25) is 5.91 Å². The summed E-state index contributed by atoms with van der Waals surface area (Å²) in [7, 11) is 0. The van der Waals surface area contributed by atoms with E-state index in [0.29, 0.717) is 12.4 Å². The lowest BCUT2D eigenvalue weighted by molar-refractivity contribution is -0.124. The van der Waals surface area contributed by atoms with Gasteiger partial charge in [-0.05, 0) is 19.1 Å². The molecule has 1 unspecified atom stereocenters. The predicted octanol–water partition coefficient (Wildman–Crippen LogP) is 2.08. The van der Waals surface area contributed by atoms with Crippen molar-refractivity contribution in [1.82, 2.24) is 5.32 Å². The SMILES string of the molecule is Cc1ccc(CNC(=O)C(C)CCl)o1. The number of alkyl halides is 1. The van der Waals surface area contributed by atoms with Gasteiger partial charge >= 0.3 is 0 Å². The first-order valence-electron chi connectivity index (χ1n) is 4.52. The second-order valence-electron chi connectivity index (χ2n) is 3.29. The molecule has 0 saturated heterocycles. The number of hydrogen-bond acceptors (Lipinski definition) is 2. The van der Waals surface area contributed by atoms with Crippen molar-refractivity contribution < 1.29 is 9.21 Å². The van der Waals surface area contributed by atoms with E-state index < -0.39 is 0 Å². The van der Waals surface area contributed by atoms with Crippen LogP contribution in [-0.4, -0.2) is 11.8 Å². The van der Waals surface area contributed by atoms with E-state index in [1.54, 1.807) is 6.92 Å². The van der Waals surface area contributed by atoms with Gasteiger partial charge in [-0.15, -0.1) is 11.6 Å². The molecule has 0 fully saturated rings. The molecule has 0 aliphatic rings. The molecule has 1 heterocycles. The molecule has 0 aliphatic carbocycles. The molecule has 1 rings (SSSR count). The van der Waals surface area contributed by atoms with Crippen LogP contribution in [0.3, 0.4) is 0 Å². The largest absolute Gasteiger partial charge is 0.465 e. The highest BCUT2D eigenvalue weighted by atomic mass is 35.5. The van der Waals surface area contributed by atoms with Gasteiger partial charge in [0, 0.05) is 11.8 Å². The van der Waals surface area contributed by atoms with Crippen LogP contribution in [-0.2, 0) is 11.3 Å². The van der Waals surface area contributed by atoms with Crippen LogP contribution in [0, 0.1) is 12.8 Å². The van der Waals surface area contributed by atoms with Gasteiger partial charge in [0.25, 0.3) is 0 Å². The van der Waals surface area contributed by atoms with Crippen LogP contribution in [0.1, 0.15) is 18.4 Å². The molecule has 14 heavy (non-hydrogen) atoms. The summed E-state index contributed by atoms with van der Waals surface area (Å²) in [5.41, 5.74) is 0. The number of hydrogen-bond donors (Lipinski definition) is 1. The second kappa shape index (κ2) is 5.05. The fourth-order valence-electron chi connectivity index (χ4n) is 0.999. The summed E-state index contributed by atoms with van der Waals surface area (Å²) in [4.78, 5) is 11.3. The summed E-state index contributed by atoms with van der Waals surface area (Å²) in [5.74, 6) is 1.74. The van der Waals surface area contributed by atoms with Gasteiger partial charge in [-0.1, -0.05) is 6.92 Å². The second-order valence-corrected chi connectivity index (χ2v) is 3.59. The minimum Gasteiger partial charge on any atom is -0.465 e. The van der Waals surface area contributed by atoms with Crippen LogP contribution >= 0.6 is 11.6 Å². The van der Waals surface area contributed by atoms with Crippen LogP contribution in [0.15, 0.2) is 16.5 Å². The highest BCUT2D eigenvalue weighted by Crippen LogP contribution is 2.06. The first-order valence-corrected chi connectivity index (χ1v) is 5.06. The fraction of sp³-hybridized carbons (Fsp3) is 0.500. The zero-order valence-electron chi connectivity index (χ0n) is 8.34. The van der Waals surface area contributed by atoms with Gasteiger partial charge in [0.15, 0.2) is 0 Å². The first-order chi connectivity index (χ1) is 6.63. The molecule has 3 nitrogen and oxygen atoms in total. The summed E-state index contributed by atoms with van der Waals surface area (Å²) in [6.45, 7) is 4.08. The molecule has 1 amide bonds. The average molecular weight is 216 g/mol. The molecule has 0 spiro atoms. The molecule has 0 radical (unpaired) electrons. The Bertz CT molecular complexity index is 309. The Morgan fingerprint density at radius 3 is 2.86 bits per heavy atom. The Morgan fingerprint density at radius 1 is 1.64 bits per heavy atom. The number of halogens is 1. The van der Waals surface area contributed by atoms with E-state index in [-0.39, 0.29) is 11.8 Å². The van der Waals surface area contributed by atoms with Crippen molar-refractivity contribution in [1.29, 1.82) is 0 Å². The molecule has 0 aromatic carbocycles. The standard InChI is InChI=1S/C10H14ClNO2/c1-7(5-11)10(13)12-6-9-4-3-8(2)14-9/h3-4,7H,5-6H2,1-2H3,(H,12,13). The van der Waals surface area contributed by atoms with Crippen molar-refractivity contribution in [3.8, 4) is 0 Å². The summed E-state index contributed by atoms with van der Waals surface area (Å²) < 4.78 is 5.30. The Balaban J connectivity index is 2.37. The third-order valence-electron chi connectivity index (χ3n) is 1.91. The van der Waals surface area contributed by atoms with E-state index in [0.717, 1.165) is 11.5 Å². The maximum atomic E-state index is 11.3. The monoisotopic (exact) mass is 215 g/mol. The average Bonchev–Trinajstić information content (AvgIpc) is 2.59. The predicted molar refractivity (Wildman–Crippen MR) is 55.2 cm³/mol. The number of rotatable bonds is 4. The van der Waals surface area contributed by atoms with Crippen molar-refractivity contribution >= 4 is 17.5 Å². The van der Waals surface area contributed by atoms with E-state index in [2.05, 4.69) is 5.32 Å². The summed E-state index contributed by atoms with van der Waals surface area (Å²) in [6, 6.07) is 3.72. The van der Waals surface area contributed by atoms with Gasteiger partial charge in [-0.25, -0.2) is 0 Å². The van der Waals surface area contributed by atoms with Crippen LogP contribution in [0.4, 0.5) is 0 Å². The topological polar surface area (TPSA) is 42.2 Å². The van der Waals surface area contributed by atoms with Gasteiger partial charge in [-0.3, -0.25) is 4.79 Å². The highest BCUT2D eigenvalue weighted by molar-refractivity contribution is 6.19. The lowest BCUT2D eigenvalue weighted by atomic mass is 10.2. The van der Waals surface area contributed by atoms with Gasteiger partial charge in [0.1, 0.15) is 11.5 Å². The number of amides is 1. The number of aryl methyl sites for hydroxylation is 1. The number of carbonyl (C=O) groups excluding carboxylic acids is 1. The summed E-state index contributed by atoms with van der Waals surface area (Å²) >= 11 is 5.55. The molecule has 0 bridgehead atoms. The van der Waals surface area contributed by atoms with E-state index >= 15 is 0 Å². The van der Waals surface area contributed by atoms with Gasteiger partial charge in [0.05, 0.1) is 6.54 Å². The Labute approximate surface area is 88.4 Å². The molecule has 1 aromatic heterocycles.